The van der Waals surface area contributed by atoms with E-state index in [1.165, 1.54) is 50.8 Å². The van der Waals surface area contributed by atoms with Gasteiger partial charge in [0.1, 0.15) is 17.5 Å². The van der Waals surface area contributed by atoms with Crippen molar-refractivity contribution < 1.29 is 8.78 Å². The molecule has 1 aliphatic rings. The maximum atomic E-state index is 13.3. The molecule has 0 aromatic carbocycles. The Morgan fingerprint density at radius 2 is 1.73 bits per heavy atom. The minimum absolute atomic E-state index is 0.0156. The van der Waals surface area contributed by atoms with E-state index in [-0.39, 0.29) is 17.1 Å². The molecule has 1 saturated carbocycles. The average molecular weight is 355 g/mol. The zero-order valence-corrected chi connectivity index (χ0v) is 14.2. The van der Waals surface area contributed by atoms with E-state index in [2.05, 4.69) is 15.0 Å². The van der Waals surface area contributed by atoms with Crippen molar-refractivity contribution in [1.29, 1.82) is 5.26 Å². The number of pyridine rings is 2. The van der Waals surface area contributed by atoms with Crippen LogP contribution in [0.1, 0.15) is 44.1 Å². The van der Waals surface area contributed by atoms with Gasteiger partial charge in [-0.25, -0.2) is 18.7 Å². The van der Waals surface area contributed by atoms with Gasteiger partial charge < -0.3 is 10.7 Å². The van der Waals surface area contributed by atoms with Crippen LogP contribution in [0.5, 0.6) is 0 Å². The van der Waals surface area contributed by atoms with Crippen molar-refractivity contribution in [3.63, 3.8) is 0 Å². The van der Waals surface area contributed by atoms with E-state index in [1.807, 2.05) is 6.07 Å². The first-order valence-electron chi connectivity index (χ1n) is 8.59. The van der Waals surface area contributed by atoms with Crippen molar-refractivity contribution in [1.82, 2.24) is 15.0 Å². The van der Waals surface area contributed by atoms with Crippen molar-refractivity contribution >= 4 is 16.9 Å². The zero-order valence-electron chi connectivity index (χ0n) is 14.2. The maximum Gasteiger partial charge on any atom is 0.166 e. The van der Waals surface area contributed by atoms with Crippen LogP contribution < -0.4 is 5.73 Å². The van der Waals surface area contributed by atoms with E-state index in [4.69, 9.17) is 11.0 Å². The molecule has 0 unspecified atom stereocenters. The molecule has 1 aliphatic carbocycles. The molecule has 7 heteroatoms. The lowest BCUT2D eigenvalue weighted by Crippen LogP contribution is -1.99. The Balaban J connectivity index is 0.000000278. The standard InChI is InChI=1S/C13H7F2N5.C6H12/c14-7-2-8-9(5-19-13(8)18-4-7)11-6(3-16)1-10(15)12(17)20-11;1-2-4-6-5-3-1/h1-2,4-5H,(H2,17,20)(H,18,19);1-6H2. The second-order valence-electron chi connectivity index (χ2n) is 6.24. The van der Waals surface area contributed by atoms with E-state index in [9.17, 15) is 8.78 Å². The molecule has 3 heterocycles. The smallest absolute Gasteiger partial charge is 0.166 e. The van der Waals surface area contributed by atoms with Crippen LogP contribution in [-0.2, 0) is 0 Å². The lowest BCUT2D eigenvalue weighted by atomic mass is 10.0. The van der Waals surface area contributed by atoms with Gasteiger partial charge in [0, 0.05) is 17.1 Å². The Bertz CT molecular complexity index is 943. The number of nitrogen functional groups attached to an aromatic ring is 1. The Kier molecular flexibility index (Phi) is 5.42. The second kappa shape index (κ2) is 7.91. The minimum Gasteiger partial charge on any atom is -0.381 e. The third-order valence-electron chi connectivity index (χ3n) is 4.38. The number of aromatic amines is 1. The number of hydrogen-bond acceptors (Lipinski definition) is 4. The molecule has 1 fully saturated rings. The summed E-state index contributed by atoms with van der Waals surface area (Å²) in [6.45, 7) is 0. The lowest BCUT2D eigenvalue weighted by Gasteiger charge is -2.05. The van der Waals surface area contributed by atoms with E-state index in [1.54, 1.807) is 0 Å². The number of rotatable bonds is 1. The normalized spacial score (nSPS) is 13.7. The van der Waals surface area contributed by atoms with Crippen molar-refractivity contribution in [2.24, 2.45) is 0 Å². The molecule has 5 nitrogen and oxygen atoms in total. The molecular weight excluding hydrogens is 336 g/mol. The number of nitrogens with two attached hydrogens (primary N) is 1. The Morgan fingerprint density at radius 3 is 2.35 bits per heavy atom. The van der Waals surface area contributed by atoms with Gasteiger partial charge in [0.2, 0.25) is 0 Å². The van der Waals surface area contributed by atoms with E-state index < -0.39 is 11.6 Å². The monoisotopic (exact) mass is 355 g/mol. The summed E-state index contributed by atoms with van der Waals surface area (Å²) in [4.78, 5) is 10.6. The van der Waals surface area contributed by atoms with Gasteiger partial charge in [-0.1, -0.05) is 38.5 Å². The predicted molar refractivity (Wildman–Crippen MR) is 96.1 cm³/mol. The summed E-state index contributed by atoms with van der Waals surface area (Å²) in [6, 6.07) is 4.11. The molecule has 3 aromatic rings. The summed E-state index contributed by atoms with van der Waals surface area (Å²) >= 11 is 0. The molecule has 0 radical (unpaired) electrons. The van der Waals surface area contributed by atoms with Crippen LogP contribution in [-0.4, -0.2) is 15.0 Å². The van der Waals surface area contributed by atoms with Crippen LogP contribution in [0.25, 0.3) is 22.3 Å². The lowest BCUT2D eigenvalue weighted by molar-refractivity contribution is 0.504. The molecule has 26 heavy (non-hydrogen) atoms. The van der Waals surface area contributed by atoms with Gasteiger partial charge in [0.15, 0.2) is 11.6 Å². The van der Waals surface area contributed by atoms with Crippen LogP contribution in [0.15, 0.2) is 24.5 Å². The number of nitrogens with one attached hydrogen (secondary N) is 1. The predicted octanol–water partition coefficient (Wildman–Crippen LogP) is 4.70. The van der Waals surface area contributed by atoms with Crippen molar-refractivity contribution in [3.8, 4) is 17.3 Å². The molecule has 0 spiro atoms. The molecule has 0 saturated heterocycles. The molecule has 134 valence electrons. The summed E-state index contributed by atoms with van der Waals surface area (Å²) in [5.41, 5.74) is 6.51. The third kappa shape index (κ3) is 3.80. The van der Waals surface area contributed by atoms with Crippen LogP contribution in [0.3, 0.4) is 0 Å². The summed E-state index contributed by atoms with van der Waals surface area (Å²) in [5, 5.41) is 9.51. The number of halogens is 2. The van der Waals surface area contributed by atoms with Gasteiger partial charge in [-0.3, -0.25) is 0 Å². The quantitative estimate of drug-likeness (QED) is 0.662. The maximum absolute atomic E-state index is 13.3. The first-order valence-corrected chi connectivity index (χ1v) is 8.59. The van der Waals surface area contributed by atoms with Gasteiger partial charge >= 0.3 is 0 Å². The van der Waals surface area contributed by atoms with Crippen molar-refractivity contribution in [3.05, 3.63) is 41.7 Å². The molecule has 0 atom stereocenters. The second-order valence-corrected chi connectivity index (χ2v) is 6.24. The van der Waals surface area contributed by atoms with Gasteiger partial charge in [-0.05, 0) is 12.1 Å². The Labute approximate surface area is 149 Å². The number of aromatic nitrogens is 3. The topological polar surface area (TPSA) is 91.4 Å². The molecule has 0 amide bonds. The number of nitriles is 1. The number of fused-ring (bicyclic) bond motifs is 1. The van der Waals surface area contributed by atoms with Gasteiger partial charge in [-0.15, -0.1) is 0 Å². The summed E-state index contributed by atoms with van der Waals surface area (Å²) in [7, 11) is 0. The fraction of sp³-hybridized carbons (Fsp3) is 0.316. The van der Waals surface area contributed by atoms with Crippen LogP contribution >= 0.6 is 0 Å². The highest BCUT2D eigenvalue weighted by atomic mass is 19.1. The summed E-state index contributed by atoms with van der Waals surface area (Å²) in [5.74, 6) is -1.61. The Hall–Kier alpha value is -3.01. The number of nitrogens with zero attached hydrogens (tertiary/aromatic N) is 3. The fourth-order valence-corrected chi connectivity index (χ4v) is 3.03. The van der Waals surface area contributed by atoms with E-state index in [0.717, 1.165) is 12.3 Å². The molecular formula is C19H19F2N5. The highest BCUT2D eigenvalue weighted by Gasteiger charge is 2.16. The van der Waals surface area contributed by atoms with Crippen molar-refractivity contribution in [2.75, 3.05) is 5.73 Å². The molecule has 0 aliphatic heterocycles. The number of hydrogen-bond donors (Lipinski definition) is 2. The van der Waals surface area contributed by atoms with Gasteiger partial charge in [0.05, 0.1) is 17.5 Å². The fourth-order valence-electron chi connectivity index (χ4n) is 3.03. The summed E-state index contributed by atoms with van der Waals surface area (Å²) < 4.78 is 26.6. The van der Waals surface area contributed by atoms with Crippen molar-refractivity contribution in [2.45, 2.75) is 38.5 Å². The highest BCUT2D eigenvalue weighted by Crippen LogP contribution is 2.30. The number of anilines is 1. The molecule has 4 rings (SSSR count). The first-order chi connectivity index (χ1) is 12.6. The summed E-state index contributed by atoms with van der Waals surface area (Å²) in [6.07, 6.45) is 11.6. The molecule has 0 bridgehead atoms. The largest absolute Gasteiger partial charge is 0.381 e. The van der Waals surface area contributed by atoms with Crippen LogP contribution in [0.2, 0.25) is 0 Å². The Morgan fingerprint density at radius 1 is 1.08 bits per heavy atom. The van der Waals surface area contributed by atoms with Crippen LogP contribution in [0, 0.1) is 23.0 Å². The minimum atomic E-state index is -0.769. The zero-order chi connectivity index (χ0) is 18.5. The van der Waals surface area contributed by atoms with Gasteiger partial charge in [0.25, 0.3) is 0 Å². The van der Waals surface area contributed by atoms with Crippen LogP contribution in [0.4, 0.5) is 14.6 Å². The van der Waals surface area contributed by atoms with E-state index >= 15 is 0 Å². The van der Waals surface area contributed by atoms with E-state index in [0.29, 0.717) is 16.6 Å². The SMILES string of the molecule is C1CCCCC1.N#Cc1cc(F)c(N)nc1-c1c[nH]c2ncc(F)cc12. The molecule has 3 N–H and O–H groups in total. The first kappa shape index (κ1) is 17.8. The number of H-pyrrole nitrogens is 1. The molecule has 3 aromatic heterocycles. The highest BCUT2D eigenvalue weighted by molar-refractivity contribution is 5.94. The van der Waals surface area contributed by atoms with Gasteiger partial charge in [-0.2, -0.15) is 5.26 Å². The third-order valence-corrected chi connectivity index (χ3v) is 4.38. The average Bonchev–Trinajstić information content (AvgIpc) is 3.08.